The Morgan fingerprint density at radius 2 is 2.00 bits per heavy atom. The zero-order valence-corrected chi connectivity index (χ0v) is 11.8. The Kier molecular flexibility index (Phi) is 3.74. The van der Waals surface area contributed by atoms with Crippen molar-refractivity contribution in [3.8, 4) is 17.0 Å². The van der Waals surface area contributed by atoms with Gasteiger partial charge in [-0.1, -0.05) is 22.0 Å². The van der Waals surface area contributed by atoms with Crippen LogP contribution in [0.2, 0.25) is 0 Å². The second-order valence-electron chi connectivity index (χ2n) is 3.71. The maximum atomic E-state index is 12.6. The molecule has 106 valence electrons. The average Bonchev–Trinajstić information content (AvgIpc) is 2.69. The van der Waals surface area contributed by atoms with Gasteiger partial charge in [-0.05, 0) is 23.7 Å². The van der Waals surface area contributed by atoms with Crippen molar-refractivity contribution in [3.63, 3.8) is 0 Å². The third-order valence-corrected chi connectivity index (χ3v) is 3.89. The van der Waals surface area contributed by atoms with Crippen molar-refractivity contribution in [2.24, 2.45) is 0 Å². The monoisotopic (exact) mass is 367 g/mol. The second kappa shape index (κ2) is 5.06. The van der Waals surface area contributed by atoms with Crippen LogP contribution in [0.15, 0.2) is 22.7 Å². The molecule has 0 fully saturated rings. The van der Waals surface area contributed by atoms with Gasteiger partial charge in [0.25, 0.3) is 0 Å². The summed E-state index contributed by atoms with van der Waals surface area (Å²) in [6.07, 6.45) is -4.51. The summed E-state index contributed by atoms with van der Waals surface area (Å²) < 4.78 is 41.3. The molecule has 0 spiro atoms. The van der Waals surface area contributed by atoms with Crippen LogP contribution in [0.1, 0.15) is 15.2 Å². The van der Waals surface area contributed by atoms with Crippen LogP contribution in [0.3, 0.4) is 0 Å². The standard InChI is InChI=1S/C11H5BrF3NO3S/c12-6-3-4(1-2-5(6)11(13,14)15)7-8(17)9(10(18)19)20-16-7/h1-3,17H,(H,18,19). The first-order valence-electron chi connectivity index (χ1n) is 5.01. The van der Waals surface area contributed by atoms with E-state index in [9.17, 15) is 23.1 Å². The third-order valence-electron chi connectivity index (χ3n) is 2.41. The first-order chi connectivity index (χ1) is 9.21. The van der Waals surface area contributed by atoms with Crippen LogP contribution in [0.5, 0.6) is 5.75 Å². The number of halogens is 4. The lowest BCUT2D eigenvalue weighted by Crippen LogP contribution is -2.05. The molecule has 20 heavy (non-hydrogen) atoms. The van der Waals surface area contributed by atoms with Gasteiger partial charge >= 0.3 is 12.1 Å². The van der Waals surface area contributed by atoms with Gasteiger partial charge in [0, 0.05) is 10.0 Å². The zero-order valence-electron chi connectivity index (χ0n) is 9.40. The number of aromatic carboxylic acids is 1. The highest BCUT2D eigenvalue weighted by molar-refractivity contribution is 9.10. The Morgan fingerprint density at radius 3 is 2.45 bits per heavy atom. The molecule has 2 rings (SSSR count). The molecular weight excluding hydrogens is 363 g/mol. The molecule has 0 saturated carbocycles. The summed E-state index contributed by atoms with van der Waals surface area (Å²) in [5.41, 5.74) is -0.748. The van der Waals surface area contributed by atoms with E-state index in [1.807, 2.05) is 0 Å². The topological polar surface area (TPSA) is 70.4 Å². The van der Waals surface area contributed by atoms with E-state index in [1.165, 1.54) is 0 Å². The van der Waals surface area contributed by atoms with E-state index in [0.29, 0.717) is 11.5 Å². The lowest BCUT2D eigenvalue weighted by atomic mass is 10.1. The van der Waals surface area contributed by atoms with Gasteiger partial charge in [-0.25, -0.2) is 4.79 Å². The Labute approximate surface area is 122 Å². The van der Waals surface area contributed by atoms with Crippen LogP contribution in [0.4, 0.5) is 13.2 Å². The van der Waals surface area contributed by atoms with Crippen molar-refractivity contribution >= 4 is 33.4 Å². The zero-order chi connectivity index (χ0) is 15.1. The summed E-state index contributed by atoms with van der Waals surface area (Å²) >= 11 is 3.36. The number of carboxylic acids is 1. The molecule has 0 amide bonds. The number of rotatable bonds is 2. The van der Waals surface area contributed by atoms with Crippen LogP contribution in [-0.2, 0) is 6.18 Å². The summed E-state index contributed by atoms with van der Waals surface area (Å²) in [5.74, 6) is -1.91. The van der Waals surface area contributed by atoms with Crippen molar-refractivity contribution in [2.75, 3.05) is 0 Å². The van der Waals surface area contributed by atoms with E-state index in [2.05, 4.69) is 20.3 Å². The first kappa shape index (κ1) is 14.8. The predicted molar refractivity (Wildman–Crippen MR) is 68.9 cm³/mol. The Balaban J connectivity index is 2.50. The summed E-state index contributed by atoms with van der Waals surface area (Å²) in [4.78, 5) is 10.4. The van der Waals surface area contributed by atoms with Gasteiger partial charge in [0.1, 0.15) is 5.69 Å². The molecule has 0 aliphatic rings. The molecular formula is C11H5BrF3NO3S. The summed E-state index contributed by atoms with van der Waals surface area (Å²) in [7, 11) is 0. The van der Waals surface area contributed by atoms with Crippen LogP contribution in [0.25, 0.3) is 11.3 Å². The minimum atomic E-state index is -4.51. The normalized spacial score (nSPS) is 11.6. The number of nitrogens with zero attached hydrogens (tertiary/aromatic N) is 1. The van der Waals surface area contributed by atoms with Crippen LogP contribution in [0, 0.1) is 0 Å². The molecule has 0 atom stereocenters. The molecule has 1 aromatic heterocycles. The van der Waals surface area contributed by atoms with Gasteiger partial charge in [0.2, 0.25) is 0 Å². The SMILES string of the molecule is O=C(O)c1snc(-c2ccc(C(F)(F)F)c(Br)c2)c1O. The maximum Gasteiger partial charge on any atom is 0.417 e. The molecule has 0 aliphatic heterocycles. The Bertz CT molecular complexity index is 684. The molecule has 9 heteroatoms. The molecule has 0 aliphatic carbocycles. The third kappa shape index (κ3) is 2.63. The van der Waals surface area contributed by atoms with Gasteiger partial charge in [-0.2, -0.15) is 17.5 Å². The van der Waals surface area contributed by atoms with Gasteiger partial charge in [-0.3, -0.25) is 0 Å². The molecule has 0 radical (unpaired) electrons. The smallest absolute Gasteiger partial charge is 0.417 e. The second-order valence-corrected chi connectivity index (χ2v) is 5.33. The van der Waals surface area contributed by atoms with Crippen LogP contribution < -0.4 is 0 Å². The number of aromatic nitrogens is 1. The number of carboxylic acid groups (broad SMARTS) is 1. The highest BCUT2D eigenvalue weighted by atomic mass is 79.9. The first-order valence-corrected chi connectivity index (χ1v) is 6.57. The fraction of sp³-hybridized carbons (Fsp3) is 0.0909. The number of aromatic hydroxyl groups is 1. The van der Waals surface area contributed by atoms with Crippen molar-refractivity contribution in [2.45, 2.75) is 6.18 Å². The molecule has 4 nitrogen and oxygen atoms in total. The van der Waals surface area contributed by atoms with E-state index in [-0.39, 0.29) is 20.6 Å². The number of hydrogen-bond donors (Lipinski definition) is 2. The molecule has 0 saturated heterocycles. The minimum absolute atomic E-state index is 0.0678. The van der Waals surface area contributed by atoms with E-state index in [0.717, 1.165) is 18.2 Å². The molecule has 0 bridgehead atoms. The fourth-order valence-electron chi connectivity index (χ4n) is 1.51. The fourth-order valence-corrected chi connectivity index (χ4v) is 2.75. The Hall–Kier alpha value is -1.61. The van der Waals surface area contributed by atoms with Crippen LogP contribution >= 0.6 is 27.5 Å². The highest BCUT2D eigenvalue weighted by Crippen LogP contribution is 2.39. The van der Waals surface area contributed by atoms with Crippen molar-refractivity contribution in [1.82, 2.24) is 4.37 Å². The van der Waals surface area contributed by atoms with Gasteiger partial charge in [0.15, 0.2) is 10.6 Å². The largest absolute Gasteiger partial charge is 0.504 e. The molecule has 2 aromatic rings. The highest BCUT2D eigenvalue weighted by Gasteiger charge is 2.33. The van der Waals surface area contributed by atoms with E-state index in [1.54, 1.807) is 0 Å². The number of benzene rings is 1. The Morgan fingerprint density at radius 1 is 1.35 bits per heavy atom. The van der Waals surface area contributed by atoms with Gasteiger partial charge < -0.3 is 10.2 Å². The molecule has 2 N–H and O–H groups in total. The molecule has 1 aromatic carbocycles. The molecule has 1 heterocycles. The summed E-state index contributed by atoms with van der Waals surface area (Å²) in [6, 6.07) is 3.08. The molecule has 0 unspecified atom stereocenters. The summed E-state index contributed by atoms with van der Waals surface area (Å²) in [5, 5.41) is 18.5. The minimum Gasteiger partial charge on any atom is -0.504 e. The van der Waals surface area contributed by atoms with Gasteiger partial charge in [-0.15, -0.1) is 0 Å². The van der Waals surface area contributed by atoms with Gasteiger partial charge in [0.05, 0.1) is 5.56 Å². The predicted octanol–water partition coefficient (Wildman–Crippen LogP) is 4.00. The van der Waals surface area contributed by atoms with E-state index < -0.39 is 23.5 Å². The lowest BCUT2D eigenvalue weighted by Gasteiger charge is -2.09. The number of hydrogen-bond acceptors (Lipinski definition) is 4. The van der Waals surface area contributed by atoms with Crippen molar-refractivity contribution < 1.29 is 28.2 Å². The maximum absolute atomic E-state index is 12.6. The average molecular weight is 368 g/mol. The summed E-state index contributed by atoms with van der Waals surface area (Å²) in [6.45, 7) is 0. The van der Waals surface area contributed by atoms with Crippen LogP contribution in [-0.4, -0.2) is 20.6 Å². The van der Waals surface area contributed by atoms with E-state index >= 15 is 0 Å². The quantitative estimate of drug-likeness (QED) is 0.841. The number of alkyl halides is 3. The van der Waals surface area contributed by atoms with Crippen molar-refractivity contribution in [1.29, 1.82) is 0 Å². The number of carbonyl (C=O) groups is 1. The van der Waals surface area contributed by atoms with E-state index in [4.69, 9.17) is 5.11 Å². The van der Waals surface area contributed by atoms with Crippen molar-refractivity contribution in [3.05, 3.63) is 33.1 Å². The lowest BCUT2D eigenvalue weighted by molar-refractivity contribution is -0.138.